The molecule has 1 aromatic carbocycles. The molecule has 1 aromatic rings. The summed E-state index contributed by atoms with van der Waals surface area (Å²) in [6, 6.07) is 4.28. The van der Waals surface area contributed by atoms with Crippen molar-refractivity contribution in [3.8, 4) is 5.75 Å². The largest absolute Gasteiger partial charge is 0.506 e. The maximum absolute atomic E-state index is 10.7. The lowest BCUT2D eigenvalue weighted by Gasteiger charge is -2.65. The maximum atomic E-state index is 10.7. The van der Waals surface area contributed by atoms with Gasteiger partial charge in [-0.2, -0.15) is 0 Å². The van der Waals surface area contributed by atoms with Crippen LogP contribution in [0.5, 0.6) is 5.75 Å². The standard InChI is InChI=1S/C19H25BrO/c1-12-4-14(16(21)15(20)5-12)19-8-13-6-17(2,10-19)9-18(3,7-13)11-19/h4-5,13,21H,6-11H2,1-3H3/t13?,17-,18+,19?. The molecular formula is C19H25BrO. The van der Waals surface area contributed by atoms with E-state index in [9.17, 15) is 5.11 Å². The first kappa shape index (κ1) is 14.1. The Kier molecular flexibility index (Phi) is 2.73. The van der Waals surface area contributed by atoms with Gasteiger partial charge in [0.1, 0.15) is 5.75 Å². The fraction of sp³-hybridized carbons (Fsp3) is 0.684. The van der Waals surface area contributed by atoms with Gasteiger partial charge in [0.2, 0.25) is 0 Å². The Balaban J connectivity index is 1.88. The summed E-state index contributed by atoms with van der Waals surface area (Å²) in [5.41, 5.74) is 3.64. The molecule has 0 aromatic heterocycles. The highest BCUT2D eigenvalue weighted by molar-refractivity contribution is 9.10. The van der Waals surface area contributed by atoms with E-state index in [1.54, 1.807) is 0 Å². The lowest BCUT2D eigenvalue weighted by molar-refractivity contribution is -0.110. The van der Waals surface area contributed by atoms with E-state index < -0.39 is 0 Å². The normalized spacial score (nSPS) is 44.3. The Morgan fingerprint density at radius 3 is 2.24 bits per heavy atom. The molecule has 2 unspecified atom stereocenters. The Bertz CT molecular complexity index is 602. The molecule has 0 heterocycles. The number of halogens is 1. The molecule has 4 bridgehead atoms. The average molecular weight is 349 g/mol. The van der Waals surface area contributed by atoms with Crippen LogP contribution in [0.25, 0.3) is 0 Å². The van der Waals surface area contributed by atoms with Crippen LogP contribution < -0.4 is 0 Å². The van der Waals surface area contributed by atoms with Crippen molar-refractivity contribution in [1.82, 2.24) is 0 Å². The van der Waals surface area contributed by atoms with Gasteiger partial charge < -0.3 is 5.11 Å². The van der Waals surface area contributed by atoms with Crippen molar-refractivity contribution in [3.63, 3.8) is 0 Å². The van der Waals surface area contributed by atoms with Gasteiger partial charge in [0.25, 0.3) is 0 Å². The van der Waals surface area contributed by atoms with E-state index in [0.29, 0.717) is 16.6 Å². The van der Waals surface area contributed by atoms with Gasteiger partial charge in [-0.15, -0.1) is 0 Å². The lowest BCUT2D eigenvalue weighted by atomic mass is 9.39. The number of benzene rings is 1. The third-order valence-electron chi connectivity index (χ3n) is 6.41. The number of aryl methyl sites for hydroxylation is 1. The van der Waals surface area contributed by atoms with Crippen LogP contribution in [0.15, 0.2) is 16.6 Å². The van der Waals surface area contributed by atoms with Crippen molar-refractivity contribution in [2.24, 2.45) is 16.7 Å². The van der Waals surface area contributed by atoms with E-state index in [2.05, 4.69) is 42.8 Å². The van der Waals surface area contributed by atoms with Crippen molar-refractivity contribution < 1.29 is 5.11 Å². The van der Waals surface area contributed by atoms with Crippen LogP contribution in [0, 0.1) is 23.7 Å². The van der Waals surface area contributed by atoms with Gasteiger partial charge in [0.05, 0.1) is 4.47 Å². The van der Waals surface area contributed by atoms with Gasteiger partial charge in [-0.3, -0.25) is 0 Å². The summed E-state index contributed by atoms with van der Waals surface area (Å²) in [6.07, 6.45) is 7.98. The smallest absolute Gasteiger partial charge is 0.133 e. The molecule has 2 heteroatoms. The van der Waals surface area contributed by atoms with E-state index in [-0.39, 0.29) is 5.41 Å². The van der Waals surface area contributed by atoms with E-state index in [4.69, 9.17) is 0 Å². The van der Waals surface area contributed by atoms with Gasteiger partial charge in [0.15, 0.2) is 0 Å². The van der Waals surface area contributed by atoms with Crippen molar-refractivity contribution in [2.75, 3.05) is 0 Å². The molecule has 4 aliphatic rings. The van der Waals surface area contributed by atoms with Crippen LogP contribution in [0.2, 0.25) is 0 Å². The number of rotatable bonds is 1. The highest BCUT2D eigenvalue weighted by Gasteiger charge is 2.61. The molecule has 0 radical (unpaired) electrons. The summed E-state index contributed by atoms with van der Waals surface area (Å²) >= 11 is 3.55. The quantitative estimate of drug-likeness (QED) is 0.688. The third kappa shape index (κ3) is 2.01. The minimum atomic E-state index is 0.210. The Morgan fingerprint density at radius 1 is 1.05 bits per heavy atom. The first-order chi connectivity index (χ1) is 9.73. The first-order valence-electron chi connectivity index (χ1n) is 8.22. The summed E-state index contributed by atoms with van der Waals surface area (Å²) in [4.78, 5) is 0. The molecule has 5 rings (SSSR count). The molecule has 0 aliphatic heterocycles. The van der Waals surface area contributed by atoms with Crippen LogP contribution in [0.3, 0.4) is 0 Å². The fourth-order valence-electron chi connectivity index (χ4n) is 6.89. The van der Waals surface area contributed by atoms with E-state index in [1.165, 1.54) is 49.7 Å². The molecule has 0 spiro atoms. The van der Waals surface area contributed by atoms with Crippen LogP contribution in [-0.4, -0.2) is 5.11 Å². The molecule has 4 fully saturated rings. The zero-order valence-corrected chi connectivity index (χ0v) is 14.9. The van der Waals surface area contributed by atoms with Crippen molar-refractivity contribution in [3.05, 3.63) is 27.7 Å². The second-order valence-electron chi connectivity index (χ2n) is 9.05. The molecule has 4 aliphatic carbocycles. The zero-order chi connectivity index (χ0) is 15.0. The Labute approximate surface area is 136 Å². The highest BCUT2D eigenvalue weighted by Crippen LogP contribution is 2.70. The highest BCUT2D eigenvalue weighted by atomic mass is 79.9. The van der Waals surface area contributed by atoms with Crippen LogP contribution in [0.1, 0.15) is 63.5 Å². The minimum Gasteiger partial charge on any atom is -0.506 e. The van der Waals surface area contributed by atoms with Crippen molar-refractivity contribution in [1.29, 1.82) is 0 Å². The SMILES string of the molecule is Cc1cc(Br)c(O)c(C23CC4C[C@@](C)(C2)C[C@](C)(C4)C3)c1. The number of phenols is 1. The second-order valence-corrected chi connectivity index (χ2v) is 9.91. The molecule has 0 amide bonds. The molecule has 114 valence electrons. The minimum absolute atomic E-state index is 0.210. The fourth-order valence-corrected chi connectivity index (χ4v) is 7.46. The Hall–Kier alpha value is -0.500. The van der Waals surface area contributed by atoms with Gasteiger partial charge in [-0.05, 0) is 89.8 Å². The number of hydrogen-bond acceptors (Lipinski definition) is 1. The molecule has 4 atom stereocenters. The second kappa shape index (κ2) is 4.07. The molecule has 0 saturated heterocycles. The predicted octanol–water partition coefficient (Wildman–Crippen LogP) is 5.71. The summed E-state index contributed by atoms with van der Waals surface area (Å²) < 4.78 is 0.864. The number of phenolic OH excluding ortho intramolecular Hbond substituents is 1. The Morgan fingerprint density at radius 2 is 1.67 bits per heavy atom. The lowest BCUT2D eigenvalue weighted by Crippen LogP contribution is -2.56. The molecule has 21 heavy (non-hydrogen) atoms. The van der Waals surface area contributed by atoms with E-state index in [1.807, 2.05) is 6.07 Å². The predicted molar refractivity (Wildman–Crippen MR) is 89.6 cm³/mol. The summed E-state index contributed by atoms with van der Waals surface area (Å²) in [6.45, 7) is 7.12. The maximum Gasteiger partial charge on any atom is 0.133 e. The van der Waals surface area contributed by atoms with Gasteiger partial charge in [-0.1, -0.05) is 19.9 Å². The van der Waals surface area contributed by atoms with Crippen LogP contribution in [-0.2, 0) is 5.41 Å². The molecule has 4 saturated carbocycles. The summed E-state index contributed by atoms with van der Waals surface area (Å²) in [7, 11) is 0. The van der Waals surface area contributed by atoms with Crippen LogP contribution in [0.4, 0.5) is 0 Å². The topological polar surface area (TPSA) is 20.2 Å². The average Bonchev–Trinajstić information content (AvgIpc) is 2.28. The molecule has 1 nitrogen and oxygen atoms in total. The van der Waals surface area contributed by atoms with Crippen LogP contribution >= 0.6 is 15.9 Å². The van der Waals surface area contributed by atoms with Crippen molar-refractivity contribution >= 4 is 15.9 Å². The summed E-state index contributed by atoms with van der Waals surface area (Å²) in [5.74, 6) is 1.35. The number of hydrogen-bond donors (Lipinski definition) is 1. The first-order valence-corrected chi connectivity index (χ1v) is 9.02. The van der Waals surface area contributed by atoms with Gasteiger partial charge in [-0.25, -0.2) is 0 Å². The van der Waals surface area contributed by atoms with E-state index in [0.717, 1.165) is 10.4 Å². The van der Waals surface area contributed by atoms with Gasteiger partial charge in [0, 0.05) is 11.0 Å². The summed E-state index contributed by atoms with van der Waals surface area (Å²) in [5, 5.41) is 10.7. The zero-order valence-electron chi connectivity index (χ0n) is 13.3. The monoisotopic (exact) mass is 348 g/mol. The van der Waals surface area contributed by atoms with Gasteiger partial charge >= 0.3 is 0 Å². The molecule has 1 N–H and O–H groups in total. The molecular weight excluding hydrogens is 324 g/mol. The van der Waals surface area contributed by atoms with E-state index >= 15 is 0 Å². The number of aromatic hydroxyl groups is 1. The third-order valence-corrected chi connectivity index (χ3v) is 7.01. The van der Waals surface area contributed by atoms with Crippen molar-refractivity contribution in [2.45, 2.75) is 64.7 Å².